The Labute approximate surface area is 133 Å². The number of pyridine rings is 1. The van der Waals surface area contributed by atoms with Crippen LogP contribution in [0, 0.1) is 5.82 Å². The summed E-state index contributed by atoms with van der Waals surface area (Å²) in [7, 11) is 0. The van der Waals surface area contributed by atoms with Crippen molar-refractivity contribution in [1.29, 1.82) is 0 Å². The number of carbonyl (C=O) groups is 1. The minimum atomic E-state index is -0.592. The predicted molar refractivity (Wildman–Crippen MR) is 81.0 cm³/mol. The number of amides is 1. The first-order valence-electron chi connectivity index (χ1n) is 7.73. The van der Waals surface area contributed by atoms with Crippen molar-refractivity contribution >= 4 is 5.91 Å². The minimum Gasteiger partial charge on any atom is -0.387 e. The van der Waals surface area contributed by atoms with Gasteiger partial charge in [0, 0.05) is 19.3 Å². The smallest absolute Gasteiger partial charge is 0.255 e. The summed E-state index contributed by atoms with van der Waals surface area (Å²) < 4.78 is 15.1. The van der Waals surface area contributed by atoms with E-state index in [9.17, 15) is 14.3 Å². The number of hydrogen-bond acceptors (Lipinski definition) is 4. The minimum absolute atomic E-state index is 0.242. The highest BCUT2D eigenvalue weighted by molar-refractivity contribution is 5.93. The van der Waals surface area contributed by atoms with Gasteiger partial charge in [-0.3, -0.25) is 14.5 Å². The molecule has 1 aliphatic heterocycles. The second-order valence-corrected chi connectivity index (χ2v) is 5.68. The van der Waals surface area contributed by atoms with E-state index < -0.39 is 11.9 Å². The van der Waals surface area contributed by atoms with Gasteiger partial charge in [0.05, 0.1) is 35.8 Å². The summed E-state index contributed by atoms with van der Waals surface area (Å²) in [4.78, 5) is 18.0. The second-order valence-electron chi connectivity index (χ2n) is 5.68. The molecule has 0 radical (unpaired) electrons. The molecule has 0 aliphatic carbocycles. The highest BCUT2D eigenvalue weighted by Crippen LogP contribution is 2.21. The van der Waals surface area contributed by atoms with Crippen molar-refractivity contribution in [3.8, 4) is 0 Å². The summed E-state index contributed by atoms with van der Waals surface area (Å²) in [6.07, 6.45) is 3.21. The van der Waals surface area contributed by atoms with Gasteiger partial charge in [0.15, 0.2) is 0 Å². The Morgan fingerprint density at radius 3 is 2.96 bits per heavy atom. The Balaban J connectivity index is 1.83. The van der Waals surface area contributed by atoms with Crippen molar-refractivity contribution in [3.05, 3.63) is 47.3 Å². The number of halogens is 1. The fourth-order valence-corrected chi connectivity index (χ4v) is 2.74. The molecule has 0 unspecified atom stereocenters. The summed E-state index contributed by atoms with van der Waals surface area (Å²) in [5, 5.41) is 14.3. The zero-order chi connectivity index (χ0) is 16.4. The van der Waals surface area contributed by atoms with E-state index in [4.69, 9.17) is 0 Å². The first-order chi connectivity index (χ1) is 11.1. The molecule has 0 fully saturated rings. The Hall–Kier alpha value is -2.28. The molecule has 0 saturated carbocycles. The summed E-state index contributed by atoms with van der Waals surface area (Å²) in [6, 6.07) is 3.04. The molecule has 7 heteroatoms. The van der Waals surface area contributed by atoms with Gasteiger partial charge in [-0.2, -0.15) is 5.10 Å². The van der Waals surface area contributed by atoms with E-state index in [1.165, 1.54) is 12.3 Å². The molecule has 2 aromatic heterocycles. The molecule has 1 N–H and O–H groups in total. The van der Waals surface area contributed by atoms with Crippen molar-refractivity contribution in [2.75, 3.05) is 6.54 Å². The molecular formula is C16H19FN4O2. The van der Waals surface area contributed by atoms with Crippen molar-refractivity contribution < 1.29 is 14.3 Å². The predicted octanol–water partition coefficient (Wildman–Crippen LogP) is 1.91. The van der Waals surface area contributed by atoms with Crippen LogP contribution in [0.3, 0.4) is 0 Å². The number of aliphatic hydroxyl groups excluding tert-OH is 1. The molecule has 0 saturated heterocycles. The standard InChI is InChI=1S/C16H19FN4O2/c1-2-15(22)14-7-13-10-20(4-3-5-21(13)19-14)16(23)11-6-12(17)9-18-8-11/h6-9,15,22H,2-5,10H2,1H3/t15-/m0/s1. The van der Waals surface area contributed by atoms with Gasteiger partial charge in [0.25, 0.3) is 5.91 Å². The maximum atomic E-state index is 13.3. The van der Waals surface area contributed by atoms with Gasteiger partial charge in [-0.05, 0) is 25.0 Å². The third-order valence-corrected chi connectivity index (χ3v) is 4.00. The second kappa shape index (κ2) is 6.45. The van der Waals surface area contributed by atoms with Gasteiger partial charge in [-0.1, -0.05) is 6.92 Å². The lowest BCUT2D eigenvalue weighted by Crippen LogP contribution is -2.30. The molecule has 0 bridgehead atoms. The average molecular weight is 318 g/mol. The molecule has 0 aromatic carbocycles. The van der Waals surface area contributed by atoms with Crippen LogP contribution in [0.5, 0.6) is 0 Å². The van der Waals surface area contributed by atoms with Crippen LogP contribution >= 0.6 is 0 Å². The summed E-state index contributed by atoms with van der Waals surface area (Å²) in [5.41, 5.74) is 1.75. The molecule has 3 heterocycles. The van der Waals surface area contributed by atoms with E-state index in [0.29, 0.717) is 31.7 Å². The van der Waals surface area contributed by atoms with E-state index in [1.54, 1.807) is 4.90 Å². The van der Waals surface area contributed by atoms with Crippen LogP contribution in [-0.2, 0) is 13.1 Å². The molecule has 23 heavy (non-hydrogen) atoms. The largest absolute Gasteiger partial charge is 0.387 e. The number of carbonyl (C=O) groups excluding carboxylic acids is 1. The number of fused-ring (bicyclic) bond motifs is 1. The Morgan fingerprint density at radius 2 is 2.22 bits per heavy atom. The third kappa shape index (κ3) is 3.24. The molecule has 0 spiro atoms. The number of hydrogen-bond donors (Lipinski definition) is 1. The topological polar surface area (TPSA) is 71.2 Å². The number of aromatic nitrogens is 3. The molecule has 6 nitrogen and oxygen atoms in total. The van der Waals surface area contributed by atoms with Crippen LogP contribution in [0.15, 0.2) is 24.5 Å². The molecule has 3 rings (SSSR count). The lowest BCUT2D eigenvalue weighted by Gasteiger charge is -2.19. The zero-order valence-corrected chi connectivity index (χ0v) is 12.9. The van der Waals surface area contributed by atoms with Gasteiger partial charge >= 0.3 is 0 Å². The highest BCUT2D eigenvalue weighted by atomic mass is 19.1. The van der Waals surface area contributed by atoms with Crippen molar-refractivity contribution in [1.82, 2.24) is 19.7 Å². The van der Waals surface area contributed by atoms with Crippen molar-refractivity contribution in [2.24, 2.45) is 0 Å². The first-order valence-corrected chi connectivity index (χ1v) is 7.73. The number of aryl methyl sites for hydroxylation is 1. The Kier molecular flexibility index (Phi) is 4.38. The van der Waals surface area contributed by atoms with Crippen molar-refractivity contribution in [3.63, 3.8) is 0 Å². The van der Waals surface area contributed by atoms with E-state index in [2.05, 4.69) is 10.1 Å². The van der Waals surface area contributed by atoms with Crippen LogP contribution in [0.1, 0.15) is 47.6 Å². The molecule has 1 aliphatic rings. The molecule has 122 valence electrons. The van der Waals surface area contributed by atoms with Gasteiger partial charge in [0.1, 0.15) is 5.82 Å². The number of aliphatic hydroxyl groups is 1. The Morgan fingerprint density at radius 1 is 1.39 bits per heavy atom. The lowest BCUT2D eigenvalue weighted by molar-refractivity contribution is 0.0744. The van der Waals surface area contributed by atoms with Crippen LogP contribution in [0.2, 0.25) is 0 Å². The van der Waals surface area contributed by atoms with Gasteiger partial charge < -0.3 is 10.0 Å². The normalized spacial score (nSPS) is 15.9. The van der Waals surface area contributed by atoms with E-state index in [0.717, 1.165) is 18.3 Å². The molecule has 1 amide bonds. The number of nitrogens with zero attached hydrogens (tertiary/aromatic N) is 4. The lowest BCUT2D eigenvalue weighted by atomic mass is 10.2. The van der Waals surface area contributed by atoms with Crippen LogP contribution in [-0.4, -0.2) is 37.2 Å². The van der Waals surface area contributed by atoms with Crippen LogP contribution in [0.25, 0.3) is 0 Å². The molecule has 2 aromatic rings. The molecule has 1 atom stereocenters. The monoisotopic (exact) mass is 318 g/mol. The average Bonchev–Trinajstić information content (AvgIpc) is 2.85. The van der Waals surface area contributed by atoms with Gasteiger partial charge in [-0.15, -0.1) is 0 Å². The van der Waals surface area contributed by atoms with Crippen molar-refractivity contribution in [2.45, 2.75) is 39.0 Å². The van der Waals surface area contributed by atoms with Crippen LogP contribution in [0.4, 0.5) is 4.39 Å². The number of rotatable bonds is 3. The maximum Gasteiger partial charge on any atom is 0.255 e. The SMILES string of the molecule is CC[C@H](O)c1cc2n(n1)CCCN(C(=O)c1cncc(F)c1)C2. The van der Waals surface area contributed by atoms with Gasteiger partial charge in [0.2, 0.25) is 0 Å². The highest BCUT2D eigenvalue weighted by Gasteiger charge is 2.23. The zero-order valence-electron chi connectivity index (χ0n) is 12.9. The quantitative estimate of drug-likeness (QED) is 0.938. The fraction of sp³-hybridized carbons (Fsp3) is 0.438. The summed E-state index contributed by atoms with van der Waals surface area (Å²) in [6.45, 7) is 3.54. The molecular weight excluding hydrogens is 299 g/mol. The first kappa shape index (κ1) is 15.6. The van der Waals surface area contributed by atoms with E-state index >= 15 is 0 Å². The van der Waals surface area contributed by atoms with Crippen LogP contribution < -0.4 is 0 Å². The maximum absolute atomic E-state index is 13.3. The third-order valence-electron chi connectivity index (χ3n) is 4.00. The summed E-state index contributed by atoms with van der Waals surface area (Å²) in [5.74, 6) is -0.770. The Bertz CT molecular complexity index is 716. The van der Waals surface area contributed by atoms with Gasteiger partial charge in [-0.25, -0.2) is 4.39 Å². The van der Waals surface area contributed by atoms with E-state index in [-0.39, 0.29) is 11.5 Å². The van der Waals surface area contributed by atoms with E-state index in [1.807, 2.05) is 17.7 Å². The fourth-order valence-electron chi connectivity index (χ4n) is 2.74. The summed E-state index contributed by atoms with van der Waals surface area (Å²) >= 11 is 0.